The Morgan fingerprint density at radius 1 is 1.16 bits per heavy atom. The van der Waals surface area contributed by atoms with E-state index < -0.39 is 31.9 Å². The maximum absolute atomic E-state index is 13.1. The van der Waals surface area contributed by atoms with Crippen LogP contribution in [0.25, 0.3) is 0 Å². The highest BCUT2D eigenvalue weighted by molar-refractivity contribution is 7.98. The number of rotatable bonds is 7. The Balaban J connectivity index is 2.06. The van der Waals surface area contributed by atoms with Crippen molar-refractivity contribution in [3.8, 4) is 0 Å². The molecule has 2 aromatic rings. The predicted molar refractivity (Wildman–Crippen MR) is 122 cm³/mol. The highest BCUT2D eigenvalue weighted by atomic mass is 32.2. The Hall–Kier alpha value is -2.11. The summed E-state index contributed by atoms with van der Waals surface area (Å²) in [6.07, 6.45) is 0.406. The van der Waals surface area contributed by atoms with Crippen molar-refractivity contribution in [1.29, 1.82) is 0 Å². The topological polar surface area (TPSA) is 80.4 Å². The molecule has 1 aliphatic heterocycles. The molecular weight excluding hydrogens is 461 g/mol. The summed E-state index contributed by atoms with van der Waals surface area (Å²) in [7, 11) is -4.73. The first-order valence-electron chi connectivity index (χ1n) is 9.70. The normalized spacial score (nSPS) is 20.1. The van der Waals surface area contributed by atoms with E-state index >= 15 is 0 Å². The van der Waals surface area contributed by atoms with Crippen molar-refractivity contribution in [2.24, 2.45) is 5.73 Å². The Bertz CT molecular complexity index is 1130. The molecule has 5 nitrogen and oxygen atoms in total. The van der Waals surface area contributed by atoms with Crippen LogP contribution in [0.4, 0.5) is 18.9 Å². The van der Waals surface area contributed by atoms with E-state index in [1.165, 1.54) is 48.3 Å². The summed E-state index contributed by atoms with van der Waals surface area (Å²) in [4.78, 5) is 0.886. The van der Waals surface area contributed by atoms with Crippen molar-refractivity contribution in [3.63, 3.8) is 0 Å². The van der Waals surface area contributed by atoms with Crippen molar-refractivity contribution in [2.75, 3.05) is 25.1 Å². The quantitative estimate of drug-likeness (QED) is 0.456. The third kappa shape index (κ3) is 4.94. The molecule has 0 amide bonds. The van der Waals surface area contributed by atoms with Gasteiger partial charge in [0.25, 0.3) is 0 Å². The molecule has 172 valence electrons. The van der Waals surface area contributed by atoms with Gasteiger partial charge in [0, 0.05) is 29.1 Å². The Morgan fingerprint density at radius 3 is 2.41 bits per heavy atom. The average Bonchev–Trinajstić information content (AvgIpc) is 2.77. The van der Waals surface area contributed by atoms with Gasteiger partial charge in [0.2, 0.25) is 0 Å². The molecule has 0 fully saturated rings. The van der Waals surface area contributed by atoms with Gasteiger partial charge in [0.1, 0.15) is 18.8 Å². The van der Waals surface area contributed by atoms with Crippen LogP contribution in [-0.4, -0.2) is 44.8 Å². The number of aliphatic hydroxyl groups excluding tert-OH is 1. The maximum Gasteiger partial charge on any atom is 0.408 e. The first-order valence-corrected chi connectivity index (χ1v) is 12.5. The molecule has 0 spiro atoms. The third-order valence-electron chi connectivity index (χ3n) is 5.24. The van der Waals surface area contributed by atoms with Gasteiger partial charge in [-0.25, -0.2) is 0 Å². The first-order chi connectivity index (χ1) is 15.0. The minimum absolute atomic E-state index is 0.0136. The fourth-order valence-corrected chi connectivity index (χ4v) is 6.01. The van der Waals surface area contributed by atoms with Crippen molar-refractivity contribution >= 4 is 27.5 Å². The average molecular weight is 486 g/mol. The van der Waals surface area contributed by atoms with E-state index in [1.807, 2.05) is 18.4 Å². The van der Waals surface area contributed by atoms with Crippen LogP contribution in [0.2, 0.25) is 0 Å². The largest absolute Gasteiger partial charge is 0.408 e. The SMILES string of the molecule is CSc1ccccc1C(O)c1ccc([N+]2(S(=O)(=O)CC(F)(F)F)C=C(CN)C=CC2)cc1. The van der Waals surface area contributed by atoms with Crippen molar-refractivity contribution in [3.05, 3.63) is 83.6 Å². The second-order valence-electron chi connectivity index (χ2n) is 7.37. The van der Waals surface area contributed by atoms with Gasteiger partial charge in [0.05, 0.1) is 0 Å². The van der Waals surface area contributed by atoms with Crippen molar-refractivity contribution in [1.82, 2.24) is 3.89 Å². The van der Waals surface area contributed by atoms with Crippen LogP contribution in [0.5, 0.6) is 0 Å². The third-order valence-corrected chi connectivity index (χ3v) is 8.20. The fraction of sp³-hybridized carbons (Fsp3) is 0.273. The number of thioether (sulfide) groups is 1. The van der Waals surface area contributed by atoms with E-state index in [9.17, 15) is 26.7 Å². The molecule has 0 aliphatic carbocycles. The number of alkyl halides is 3. The zero-order chi connectivity index (χ0) is 23.6. The summed E-state index contributed by atoms with van der Waals surface area (Å²) in [6, 6.07) is 13.3. The van der Waals surface area contributed by atoms with Crippen molar-refractivity contribution in [2.45, 2.75) is 17.2 Å². The number of hydrogen-bond acceptors (Lipinski definition) is 5. The Kier molecular flexibility index (Phi) is 7.21. The zero-order valence-corrected chi connectivity index (χ0v) is 18.9. The number of nitrogens with two attached hydrogens (primary N) is 1. The summed E-state index contributed by atoms with van der Waals surface area (Å²) >= 11 is 1.48. The summed E-state index contributed by atoms with van der Waals surface area (Å²) in [5.41, 5.74) is 7.39. The molecule has 0 aromatic heterocycles. The molecule has 10 heteroatoms. The van der Waals surface area contributed by atoms with Crippen LogP contribution in [0.15, 0.2) is 77.4 Å². The summed E-state index contributed by atoms with van der Waals surface area (Å²) in [5, 5.41) is 10.8. The van der Waals surface area contributed by atoms with E-state index in [2.05, 4.69) is 0 Å². The van der Waals surface area contributed by atoms with E-state index in [1.54, 1.807) is 18.2 Å². The lowest BCUT2D eigenvalue weighted by molar-refractivity contribution is -0.106. The number of quaternary nitrogens is 1. The molecule has 0 radical (unpaired) electrons. The van der Waals surface area contributed by atoms with Gasteiger partial charge in [-0.05, 0) is 29.5 Å². The van der Waals surface area contributed by atoms with E-state index in [0.29, 0.717) is 16.7 Å². The number of hydrogen-bond donors (Lipinski definition) is 2. The maximum atomic E-state index is 13.1. The molecular formula is C22H24F3N2O3S2+. The molecule has 1 heterocycles. The minimum Gasteiger partial charge on any atom is -0.384 e. The molecule has 0 saturated heterocycles. The number of aliphatic hydroxyl groups is 1. The lowest BCUT2D eigenvalue weighted by atomic mass is 10.0. The van der Waals surface area contributed by atoms with E-state index in [0.717, 1.165) is 4.90 Å². The molecule has 2 unspecified atom stereocenters. The van der Waals surface area contributed by atoms with Crippen LogP contribution in [0.3, 0.4) is 0 Å². The summed E-state index contributed by atoms with van der Waals surface area (Å²) in [6.45, 7) is -0.209. The van der Waals surface area contributed by atoms with Gasteiger partial charge >= 0.3 is 16.2 Å². The molecule has 3 N–H and O–H groups in total. The number of sulfonamides is 1. The van der Waals surface area contributed by atoms with Crippen LogP contribution < -0.4 is 9.62 Å². The van der Waals surface area contributed by atoms with Crippen LogP contribution in [-0.2, 0) is 10.0 Å². The van der Waals surface area contributed by atoms with Gasteiger partial charge in [-0.15, -0.1) is 11.8 Å². The van der Waals surface area contributed by atoms with Crippen LogP contribution >= 0.6 is 11.8 Å². The number of nitrogens with zero attached hydrogens (tertiary/aromatic N) is 1. The summed E-state index contributed by atoms with van der Waals surface area (Å²) < 4.78 is 64.3. The van der Waals surface area contributed by atoms with Crippen molar-refractivity contribution < 1.29 is 26.7 Å². The monoisotopic (exact) mass is 485 g/mol. The van der Waals surface area contributed by atoms with Gasteiger partial charge < -0.3 is 10.8 Å². The zero-order valence-electron chi connectivity index (χ0n) is 17.3. The van der Waals surface area contributed by atoms with Gasteiger partial charge in [-0.3, -0.25) is 0 Å². The molecule has 0 bridgehead atoms. The molecule has 3 rings (SSSR count). The molecule has 0 saturated carbocycles. The van der Waals surface area contributed by atoms with Gasteiger partial charge in [0.15, 0.2) is 11.4 Å². The molecule has 32 heavy (non-hydrogen) atoms. The van der Waals surface area contributed by atoms with Gasteiger partial charge in [-0.2, -0.15) is 25.5 Å². The standard InChI is InChI=1S/C22H24F3N2O3S2/c1-31-20-7-3-2-6-19(20)21(28)17-8-10-18(11-9-17)27(12-4-5-16(13-26)14-27)32(29,30)15-22(23,24)25/h2-11,14,21,28H,12-13,15,26H2,1H3/q+1. The minimum atomic E-state index is -4.89. The first kappa shape index (κ1) is 24.5. The highest BCUT2D eigenvalue weighted by Gasteiger charge is 2.50. The second-order valence-corrected chi connectivity index (χ2v) is 10.3. The van der Waals surface area contributed by atoms with Crippen LogP contribution in [0, 0.1) is 0 Å². The second kappa shape index (κ2) is 9.40. The van der Waals surface area contributed by atoms with E-state index in [4.69, 9.17) is 5.73 Å². The predicted octanol–water partition coefficient (Wildman–Crippen LogP) is 4.10. The fourth-order valence-electron chi connectivity index (χ4n) is 3.68. The Labute approximate surface area is 189 Å². The smallest absolute Gasteiger partial charge is 0.384 e. The summed E-state index contributed by atoms with van der Waals surface area (Å²) in [5.74, 6) is -1.96. The number of benzene rings is 2. The molecule has 2 atom stereocenters. The van der Waals surface area contributed by atoms with E-state index in [-0.39, 0.29) is 18.8 Å². The van der Waals surface area contributed by atoms with Gasteiger partial charge in [-0.1, -0.05) is 36.4 Å². The molecule has 1 aliphatic rings. The Morgan fingerprint density at radius 2 is 1.81 bits per heavy atom. The lowest BCUT2D eigenvalue weighted by Crippen LogP contribution is -2.54. The lowest BCUT2D eigenvalue weighted by Gasteiger charge is -2.34. The molecule has 2 aromatic carbocycles. The highest BCUT2D eigenvalue weighted by Crippen LogP contribution is 2.37. The number of halogens is 3. The van der Waals surface area contributed by atoms with Crippen LogP contribution in [0.1, 0.15) is 17.2 Å².